The number of pyridine rings is 1. The van der Waals surface area contributed by atoms with Gasteiger partial charge in [0.25, 0.3) is 0 Å². The first-order valence-corrected chi connectivity index (χ1v) is 5.58. The third-order valence-corrected chi connectivity index (χ3v) is 2.70. The maximum atomic E-state index is 5.35. The first kappa shape index (κ1) is 11.7. The molecule has 4 heteroatoms. The van der Waals surface area contributed by atoms with Crippen molar-refractivity contribution in [2.45, 2.75) is 0 Å². The van der Waals surface area contributed by atoms with Crippen molar-refractivity contribution >= 4 is 12.2 Å². The minimum absolute atomic E-state index is 0.676. The van der Waals surface area contributed by atoms with E-state index in [2.05, 4.69) is 4.98 Å². The van der Waals surface area contributed by atoms with Crippen LogP contribution in [-0.4, -0.2) is 19.2 Å². The van der Waals surface area contributed by atoms with E-state index in [-0.39, 0.29) is 0 Å². The summed E-state index contributed by atoms with van der Waals surface area (Å²) in [5, 5.41) is 0. The van der Waals surface area contributed by atoms with E-state index >= 15 is 0 Å². The van der Waals surface area contributed by atoms with Gasteiger partial charge in [0, 0.05) is 0 Å². The zero-order valence-corrected chi connectivity index (χ0v) is 10.5. The number of hydrogen-bond donors (Lipinski definition) is 1. The number of rotatable bonds is 3. The summed E-state index contributed by atoms with van der Waals surface area (Å²) < 4.78 is 11.4. The number of aromatic amines is 1. The number of benzene rings is 1. The molecule has 1 aromatic carbocycles. The normalized spacial score (nSPS) is 10.0. The van der Waals surface area contributed by atoms with E-state index < -0.39 is 0 Å². The lowest BCUT2D eigenvalue weighted by atomic mass is 10.1. The third kappa shape index (κ3) is 2.31. The van der Waals surface area contributed by atoms with Crippen LogP contribution in [0.4, 0.5) is 0 Å². The average molecular weight is 247 g/mol. The average Bonchev–Trinajstić information content (AvgIpc) is 2.37. The van der Waals surface area contributed by atoms with E-state index in [4.69, 9.17) is 21.7 Å². The fraction of sp³-hybridized carbons (Fsp3) is 0.154. The molecule has 0 unspecified atom stereocenters. The molecule has 2 aromatic rings. The standard InChI is InChI=1S/C13H13NO2S/c1-15-10-6-4-7-11(16-2)13(10)9-5-3-8-12(17)14-9/h3-8H,1-2H3,(H,14,17). The van der Waals surface area contributed by atoms with Crippen LogP contribution < -0.4 is 9.47 Å². The molecular weight excluding hydrogens is 234 g/mol. The Morgan fingerprint density at radius 3 is 2.06 bits per heavy atom. The van der Waals surface area contributed by atoms with Crippen LogP contribution in [0.2, 0.25) is 0 Å². The lowest BCUT2D eigenvalue weighted by Crippen LogP contribution is -1.94. The summed E-state index contributed by atoms with van der Waals surface area (Å²) in [5.74, 6) is 1.50. The number of nitrogens with one attached hydrogen (secondary N) is 1. The number of H-pyrrole nitrogens is 1. The van der Waals surface area contributed by atoms with Crippen LogP contribution >= 0.6 is 12.2 Å². The zero-order valence-electron chi connectivity index (χ0n) is 9.69. The number of aromatic nitrogens is 1. The van der Waals surface area contributed by atoms with E-state index in [0.717, 1.165) is 22.8 Å². The first-order chi connectivity index (χ1) is 8.26. The molecule has 0 saturated carbocycles. The third-order valence-electron chi connectivity index (χ3n) is 2.47. The zero-order chi connectivity index (χ0) is 12.3. The molecule has 0 aliphatic heterocycles. The molecule has 0 saturated heterocycles. The summed E-state index contributed by atoms with van der Waals surface area (Å²) in [5.41, 5.74) is 1.76. The Kier molecular flexibility index (Phi) is 3.44. The molecule has 0 amide bonds. The molecule has 0 aliphatic rings. The molecule has 0 spiro atoms. The van der Waals surface area contributed by atoms with E-state index in [9.17, 15) is 0 Å². The van der Waals surface area contributed by atoms with Crippen molar-refractivity contribution in [2.75, 3.05) is 14.2 Å². The highest BCUT2D eigenvalue weighted by molar-refractivity contribution is 7.71. The van der Waals surface area contributed by atoms with E-state index in [1.54, 1.807) is 14.2 Å². The first-order valence-electron chi connectivity index (χ1n) is 5.17. The SMILES string of the molecule is COc1cccc(OC)c1-c1cccc(=S)[nH]1. The van der Waals surface area contributed by atoms with Crippen molar-refractivity contribution in [1.82, 2.24) is 4.98 Å². The Bertz CT molecular complexity index is 555. The largest absolute Gasteiger partial charge is 0.496 e. The van der Waals surface area contributed by atoms with Crippen molar-refractivity contribution < 1.29 is 9.47 Å². The van der Waals surface area contributed by atoms with Gasteiger partial charge in [-0.1, -0.05) is 24.4 Å². The van der Waals surface area contributed by atoms with E-state index in [1.165, 1.54) is 0 Å². The smallest absolute Gasteiger partial charge is 0.131 e. The summed E-state index contributed by atoms with van der Waals surface area (Å²) in [6.45, 7) is 0. The van der Waals surface area contributed by atoms with Gasteiger partial charge in [-0.15, -0.1) is 0 Å². The van der Waals surface area contributed by atoms with Gasteiger partial charge < -0.3 is 14.5 Å². The predicted octanol–water partition coefficient (Wildman–Crippen LogP) is 3.43. The van der Waals surface area contributed by atoms with Crippen LogP contribution in [0, 0.1) is 4.64 Å². The Hall–Kier alpha value is -1.81. The Labute approximate surface area is 105 Å². The molecule has 2 rings (SSSR count). The highest BCUT2D eigenvalue weighted by atomic mass is 32.1. The minimum atomic E-state index is 0.676. The summed E-state index contributed by atoms with van der Waals surface area (Å²) in [6, 6.07) is 11.3. The molecular formula is C13H13NO2S. The summed E-state index contributed by atoms with van der Waals surface area (Å²) in [6.07, 6.45) is 0. The fourth-order valence-electron chi connectivity index (χ4n) is 1.71. The van der Waals surface area contributed by atoms with E-state index in [0.29, 0.717) is 4.64 Å². The van der Waals surface area contributed by atoms with Gasteiger partial charge >= 0.3 is 0 Å². The summed E-state index contributed by atoms with van der Waals surface area (Å²) in [4.78, 5) is 3.13. The minimum Gasteiger partial charge on any atom is -0.496 e. The quantitative estimate of drug-likeness (QED) is 0.844. The summed E-state index contributed by atoms with van der Waals surface area (Å²) in [7, 11) is 3.27. The van der Waals surface area contributed by atoms with Gasteiger partial charge in [-0.05, 0) is 24.3 Å². The van der Waals surface area contributed by atoms with Crippen LogP contribution in [0.3, 0.4) is 0 Å². The second-order valence-electron chi connectivity index (χ2n) is 3.47. The van der Waals surface area contributed by atoms with Crippen molar-refractivity contribution in [2.24, 2.45) is 0 Å². The van der Waals surface area contributed by atoms with Crippen molar-refractivity contribution in [3.8, 4) is 22.8 Å². The Balaban J connectivity index is 2.68. The molecule has 1 heterocycles. The molecule has 17 heavy (non-hydrogen) atoms. The highest BCUT2D eigenvalue weighted by Gasteiger charge is 2.12. The van der Waals surface area contributed by atoms with Crippen LogP contribution in [-0.2, 0) is 0 Å². The van der Waals surface area contributed by atoms with Crippen LogP contribution in [0.1, 0.15) is 0 Å². The lowest BCUT2D eigenvalue weighted by molar-refractivity contribution is 0.397. The predicted molar refractivity (Wildman–Crippen MR) is 70.2 cm³/mol. The van der Waals surface area contributed by atoms with Crippen LogP contribution in [0.5, 0.6) is 11.5 Å². The monoisotopic (exact) mass is 247 g/mol. The Morgan fingerprint density at radius 2 is 1.53 bits per heavy atom. The van der Waals surface area contributed by atoms with Gasteiger partial charge in [-0.3, -0.25) is 0 Å². The second kappa shape index (κ2) is 5.01. The molecule has 0 radical (unpaired) electrons. The molecule has 0 atom stereocenters. The number of ether oxygens (including phenoxy) is 2. The molecule has 0 aliphatic carbocycles. The van der Waals surface area contributed by atoms with Gasteiger partial charge in [-0.25, -0.2) is 0 Å². The van der Waals surface area contributed by atoms with Gasteiger partial charge in [-0.2, -0.15) is 0 Å². The second-order valence-corrected chi connectivity index (χ2v) is 3.91. The van der Waals surface area contributed by atoms with Gasteiger partial charge in [0.1, 0.15) is 16.1 Å². The maximum absolute atomic E-state index is 5.35. The van der Waals surface area contributed by atoms with E-state index in [1.807, 2.05) is 36.4 Å². The maximum Gasteiger partial charge on any atom is 0.131 e. The Morgan fingerprint density at radius 1 is 0.941 bits per heavy atom. The topological polar surface area (TPSA) is 34.2 Å². The summed E-state index contributed by atoms with van der Waals surface area (Å²) >= 11 is 5.12. The number of methoxy groups -OCH3 is 2. The van der Waals surface area contributed by atoms with Gasteiger partial charge in [0.15, 0.2) is 0 Å². The van der Waals surface area contributed by atoms with Crippen molar-refractivity contribution in [3.05, 3.63) is 41.0 Å². The van der Waals surface area contributed by atoms with Crippen LogP contribution in [0.25, 0.3) is 11.3 Å². The van der Waals surface area contributed by atoms with Gasteiger partial charge in [0.2, 0.25) is 0 Å². The lowest BCUT2D eigenvalue weighted by Gasteiger charge is -2.12. The molecule has 1 N–H and O–H groups in total. The van der Waals surface area contributed by atoms with Crippen molar-refractivity contribution in [3.63, 3.8) is 0 Å². The molecule has 0 bridgehead atoms. The molecule has 3 nitrogen and oxygen atoms in total. The molecule has 1 aromatic heterocycles. The highest BCUT2D eigenvalue weighted by Crippen LogP contribution is 2.36. The molecule has 0 fully saturated rings. The van der Waals surface area contributed by atoms with Gasteiger partial charge in [0.05, 0.1) is 25.5 Å². The fourth-order valence-corrected chi connectivity index (χ4v) is 1.90. The van der Waals surface area contributed by atoms with Crippen molar-refractivity contribution in [1.29, 1.82) is 0 Å². The van der Waals surface area contributed by atoms with Crippen LogP contribution in [0.15, 0.2) is 36.4 Å². The molecule has 88 valence electrons. The number of hydrogen-bond acceptors (Lipinski definition) is 3.